The van der Waals surface area contributed by atoms with Gasteiger partial charge in [-0.25, -0.2) is 0 Å². The standard InChI is InChI=1S/C19H27NO/c1-3-21-15-8-7-14-12-18-16-6-4-5-9-19(16,17(14)13-15)10-11-20(18)2/h7-8,13,16,18H,3-6,9-12H2,1-2H3/t16?,18-,19-/m0/s1/i3D/t3?,16?,18-,19-. The maximum atomic E-state index is 7.67. The molecule has 21 heavy (non-hydrogen) atoms. The fraction of sp³-hybridized carbons (Fsp3) is 0.684. The van der Waals surface area contributed by atoms with E-state index >= 15 is 0 Å². The van der Waals surface area contributed by atoms with Crippen molar-refractivity contribution in [2.24, 2.45) is 5.92 Å². The average molecular weight is 286 g/mol. The van der Waals surface area contributed by atoms with Gasteiger partial charge in [-0.15, -0.1) is 0 Å². The highest BCUT2D eigenvalue weighted by atomic mass is 16.5. The van der Waals surface area contributed by atoms with Crippen LogP contribution in [0.25, 0.3) is 0 Å². The van der Waals surface area contributed by atoms with Gasteiger partial charge in [0, 0.05) is 11.5 Å². The van der Waals surface area contributed by atoms with Crippen LogP contribution in [0.2, 0.25) is 0 Å². The van der Waals surface area contributed by atoms with E-state index in [4.69, 9.17) is 6.11 Å². The third-order valence-electron chi connectivity index (χ3n) is 6.34. The maximum absolute atomic E-state index is 7.67. The second-order valence-corrected chi connectivity index (χ2v) is 7.18. The van der Waals surface area contributed by atoms with Gasteiger partial charge >= 0.3 is 0 Å². The average Bonchev–Trinajstić information content (AvgIpc) is 2.51. The van der Waals surface area contributed by atoms with Crippen molar-refractivity contribution in [1.29, 1.82) is 0 Å². The van der Waals surface area contributed by atoms with E-state index in [0.717, 1.165) is 17.7 Å². The van der Waals surface area contributed by atoms with Gasteiger partial charge in [0.2, 0.25) is 0 Å². The highest BCUT2D eigenvalue weighted by Crippen LogP contribution is 2.55. The molecule has 2 aliphatic carbocycles. The molecule has 0 amide bonds. The minimum atomic E-state index is -0.494. The third-order valence-corrected chi connectivity index (χ3v) is 6.34. The van der Waals surface area contributed by atoms with Crippen molar-refractivity contribution in [2.45, 2.75) is 56.9 Å². The molecule has 2 fully saturated rings. The number of hydrogen-bond acceptors (Lipinski definition) is 2. The minimum absolute atomic E-state index is 0.383. The van der Waals surface area contributed by atoms with E-state index in [1.54, 1.807) is 12.5 Å². The predicted octanol–water partition coefficient (Wildman–Crippen LogP) is 3.77. The molecule has 0 spiro atoms. The first kappa shape index (κ1) is 12.5. The normalized spacial score (nSPS) is 37.1. The number of likely N-dealkylation sites (tertiary alicyclic amines) is 1. The molecular formula is C19H27NO. The highest BCUT2D eigenvalue weighted by molar-refractivity contribution is 5.45. The van der Waals surface area contributed by atoms with E-state index in [2.05, 4.69) is 30.1 Å². The summed E-state index contributed by atoms with van der Waals surface area (Å²) in [7, 11) is 2.31. The predicted molar refractivity (Wildman–Crippen MR) is 86.0 cm³/mol. The first-order chi connectivity index (χ1) is 10.6. The van der Waals surface area contributed by atoms with Crippen LogP contribution in [0.4, 0.5) is 0 Å². The molecule has 4 rings (SSSR count). The van der Waals surface area contributed by atoms with Crippen molar-refractivity contribution < 1.29 is 6.11 Å². The molecule has 1 saturated heterocycles. The van der Waals surface area contributed by atoms with Crippen LogP contribution in [-0.2, 0) is 11.8 Å². The Morgan fingerprint density at radius 1 is 1.38 bits per heavy atom. The Morgan fingerprint density at radius 2 is 2.29 bits per heavy atom. The van der Waals surface area contributed by atoms with E-state index in [-0.39, 0.29) is 0 Å². The summed E-state index contributed by atoms with van der Waals surface area (Å²) in [5, 5.41) is 0. The van der Waals surface area contributed by atoms with Gasteiger partial charge < -0.3 is 9.64 Å². The van der Waals surface area contributed by atoms with Crippen LogP contribution in [0.1, 0.15) is 51.5 Å². The molecule has 2 heteroatoms. The van der Waals surface area contributed by atoms with Gasteiger partial charge in [-0.1, -0.05) is 18.9 Å². The summed E-state index contributed by atoms with van der Waals surface area (Å²) in [5.41, 5.74) is 3.47. The van der Waals surface area contributed by atoms with Crippen molar-refractivity contribution in [1.82, 2.24) is 4.90 Å². The molecule has 1 heterocycles. The summed E-state index contributed by atoms with van der Waals surface area (Å²) < 4.78 is 13.3. The summed E-state index contributed by atoms with van der Waals surface area (Å²) in [6.07, 6.45) is 7.97. The molecule has 114 valence electrons. The van der Waals surface area contributed by atoms with Gasteiger partial charge in [-0.05, 0) is 75.4 Å². The molecule has 0 aromatic heterocycles. The number of rotatable bonds is 2. The van der Waals surface area contributed by atoms with Crippen LogP contribution in [0.15, 0.2) is 18.2 Å². The fourth-order valence-corrected chi connectivity index (χ4v) is 5.39. The summed E-state index contributed by atoms with van der Waals surface area (Å²) in [4.78, 5) is 2.60. The summed E-state index contributed by atoms with van der Waals surface area (Å²) in [6, 6.07) is 7.34. The summed E-state index contributed by atoms with van der Waals surface area (Å²) in [6.45, 7) is 2.51. The number of hydrogen-bond donors (Lipinski definition) is 0. The van der Waals surface area contributed by atoms with E-state index in [1.807, 2.05) is 0 Å². The number of benzene rings is 1. The zero-order chi connectivity index (χ0) is 15.3. The van der Waals surface area contributed by atoms with Crippen LogP contribution in [0, 0.1) is 5.92 Å². The second kappa shape index (κ2) is 5.01. The molecule has 1 aromatic carbocycles. The highest BCUT2D eigenvalue weighted by Gasteiger charge is 2.53. The Labute approximate surface area is 129 Å². The number of ether oxygens (including phenoxy) is 1. The lowest BCUT2D eigenvalue weighted by Gasteiger charge is -2.58. The number of piperidine rings is 1. The van der Waals surface area contributed by atoms with Crippen LogP contribution >= 0.6 is 0 Å². The van der Waals surface area contributed by atoms with Gasteiger partial charge in [-0.2, -0.15) is 0 Å². The Morgan fingerprint density at radius 3 is 3.14 bits per heavy atom. The van der Waals surface area contributed by atoms with E-state index < -0.39 is 6.58 Å². The number of fused-ring (bicyclic) bond motifs is 1. The lowest BCUT2D eigenvalue weighted by Crippen LogP contribution is -2.59. The summed E-state index contributed by atoms with van der Waals surface area (Å²) in [5.74, 6) is 1.70. The fourth-order valence-electron chi connectivity index (χ4n) is 5.39. The Bertz CT molecular complexity index is 573. The third kappa shape index (κ3) is 1.95. The SMILES string of the molecule is [2H]C(C)Oc1ccc2c(c1)[C@]13CCCCC1[C@H](C2)N(C)CC3. The largest absolute Gasteiger partial charge is 0.494 e. The number of likely N-dealkylation sites (N-methyl/N-ethyl adjacent to an activating group) is 1. The molecule has 2 bridgehead atoms. The summed E-state index contributed by atoms with van der Waals surface area (Å²) >= 11 is 0. The molecular weight excluding hydrogens is 258 g/mol. The van der Waals surface area contributed by atoms with Crippen LogP contribution in [0.3, 0.4) is 0 Å². The molecule has 2 unspecified atom stereocenters. The second-order valence-electron chi connectivity index (χ2n) is 7.18. The van der Waals surface area contributed by atoms with Gasteiger partial charge in [0.25, 0.3) is 0 Å². The topological polar surface area (TPSA) is 12.5 Å². The van der Waals surface area contributed by atoms with E-state index in [9.17, 15) is 0 Å². The lowest BCUT2D eigenvalue weighted by atomic mass is 9.52. The Kier molecular flexibility index (Phi) is 2.99. The van der Waals surface area contributed by atoms with Crippen molar-refractivity contribution >= 4 is 0 Å². The van der Waals surface area contributed by atoms with Crippen molar-refractivity contribution in [3.63, 3.8) is 0 Å². The zero-order valence-electron chi connectivity index (χ0n) is 14.3. The molecule has 4 atom stereocenters. The molecule has 1 aromatic rings. The van der Waals surface area contributed by atoms with Crippen molar-refractivity contribution in [2.75, 3.05) is 20.2 Å². The number of nitrogens with zero attached hydrogens (tertiary/aromatic N) is 1. The lowest BCUT2D eigenvalue weighted by molar-refractivity contribution is 0.00271. The van der Waals surface area contributed by atoms with Gasteiger partial charge in [0.15, 0.2) is 0 Å². The minimum Gasteiger partial charge on any atom is -0.494 e. The quantitative estimate of drug-likeness (QED) is 0.820. The van der Waals surface area contributed by atoms with Crippen LogP contribution in [-0.4, -0.2) is 31.1 Å². The molecule has 1 saturated carbocycles. The van der Waals surface area contributed by atoms with Crippen LogP contribution < -0.4 is 4.74 Å². The Hall–Kier alpha value is -1.02. The van der Waals surface area contributed by atoms with E-state index in [0.29, 0.717) is 5.41 Å². The molecule has 3 aliphatic rings. The van der Waals surface area contributed by atoms with Crippen molar-refractivity contribution in [3.8, 4) is 5.75 Å². The monoisotopic (exact) mass is 286 g/mol. The molecule has 0 radical (unpaired) electrons. The molecule has 2 nitrogen and oxygen atoms in total. The Balaban J connectivity index is 1.80. The smallest absolute Gasteiger partial charge is 0.119 e. The van der Waals surface area contributed by atoms with Gasteiger partial charge in [0.05, 0.1) is 7.95 Å². The molecule has 0 N–H and O–H groups in total. The first-order valence-corrected chi connectivity index (χ1v) is 8.53. The van der Waals surface area contributed by atoms with Crippen LogP contribution in [0.5, 0.6) is 5.75 Å². The van der Waals surface area contributed by atoms with E-state index in [1.165, 1.54) is 50.6 Å². The van der Waals surface area contributed by atoms with Crippen molar-refractivity contribution in [3.05, 3.63) is 29.3 Å². The molecule has 1 aliphatic heterocycles. The van der Waals surface area contributed by atoms with Gasteiger partial charge in [-0.3, -0.25) is 0 Å². The maximum Gasteiger partial charge on any atom is 0.119 e. The van der Waals surface area contributed by atoms with Gasteiger partial charge in [0.1, 0.15) is 5.75 Å². The first-order valence-electron chi connectivity index (χ1n) is 9.10. The zero-order valence-corrected chi connectivity index (χ0v) is 13.3.